The number of benzene rings is 3. The number of imidazole rings is 1. The van der Waals surface area contributed by atoms with E-state index in [1.807, 2.05) is 49.4 Å². The number of aromatic nitrogens is 2. The van der Waals surface area contributed by atoms with Gasteiger partial charge in [-0.2, -0.15) is 0 Å². The van der Waals surface area contributed by atoms with Crippen LogP contribution in [0.2, 0.25) is 0 Å². The van der Waals surface area contributed by atoms with Crippen LogP contribution in [-0.4, -0.2) is 28.6 Å². The van der Waals surface area contributed by atoms with Gasteiger partial charge in [0.1, 0.15) is 17.4 Å². The van der Waals surface area contributed by atoms with E-state index in [0.29, 0.717) is 18.7 Å². The molecule has 1 amide bonds. The van der Waals surface area contributed by atoms with Gasteiger partial charge in [0.15, 0.2) is 0 Å². The minimum Gasteiger partial charge on any atom is -0.493 e. The van der Waals surface area contributed by atoms with Crippen molar-refractivity contribution in [3.63, 3.8) is 0 Å². The lowest BCUT2D eigenvalue weighted by molar-refractivity contribution is 0.0953. The van der Waals surface area contributed by atoms with Gasteiger partial charge in [-0.25, -0.2) is 9.37 Å². The van der Waals surface area contributed by atoms with E-state index in [9.17, 15) is 9.18 Å². The Morgan fingerprint density at radius 3 is 2.58 bits per heavy atom. The van der Waals surface area contributed by atoms with Crippen LogP contribution < -0.4 is 10.1 Å². The predicted octanol–water partition coefficient (Wildman–Crippen LogP) is 5.32. The molecule has 0 aliphatic rings. The van der Waals surface area contributed by atoms with Crippen LogP contribution in [0.25, 0.3) is 11.0 Å². The van der Waals surface area contributed by atoms with E-state index in [1.54, 1.807) is 0 Å². The molecular weight excluding hydrogens is 417 g/mol. The second kappa shape index (κ2) is 10.8. The number of hydrogen-bond acceptors (Lipinski definition) is 3. The van der Waals surface area contributed by atoms with Crippen molar-refractivity contribution >= 4 is 16.9 Å². The number of nitrogens with zero attached hydrogens (tertiary/aromatic N) is 2. The predicted molar refractivity (Wildman–Crippen MR) is 128 cm³/mol. The van der Waals surface area contributed by atoms with Gasteiger partial charge in [-0.1, -0.05) is 30.3 Å². The minimum absolute atomic E-state index is 0.197. The summed E-state index contributed by atoms with van der Waals surface area (Å²) in [5, 5.41) is 2.90. The summed E-state index contributed by atoms with van der Waals surface area (Å²) in [6.45, 7) is 4.01. The highest BCUT2D eigenvalue weighted by molar-refractivity contribution is 5.94. The molecule has 3 aromatic carbocycles. The molecule has 4 rings (SSSR count). The van der Waals surface area contributed by atoms with Crippen molar-refractivity contribution in [3.8, 4) is 5.75 Å². The largest absolute Gasteiger partial charge is 0.493 e. The lowest BCUT2D eigenvalue weighted by Gasteiger charge is -2.12. The van der Waals surface area contributed by atoms with Crippen molar-refractivity contribution in [2.24, 2.45) is 0 Å². The fourth-order valence-corrected chi connectivity index (χ4v) is 3.84. The van der Waals surface area contributed by atoms with Crippen LogP contribution in [0.5, 0.6) is 5.75 Å². The third-order valence-corrected chi connectivity index (χ3v) is 5.58. The number of rotatable bonds is 10. The molecule has 1 N–H and O–H groups in total. The summed E-state index contributed by atoms with van der Waals surface area (Å²) in [7, 11) is 0. The summed E-state index contributed by atoms with van der Waals surface area (Å²) in [5.41, 5.74) is 3.67. The number of carbonyl (C=O) groups excluding carboxylic acids is 1. The Morgan fingerprint density at radius 1 is 1.00 bits per heavy atom. The monoisotopic (exact) mass is 445 g/mol. The van der Waals surface area contributed by atoms with E-state index < -0.39 is 0 Å². The molecule has 0 spiro atoms. The first-order valence-electron chi connectivity index (χ1n) is 11.3. The van der Waals surface area contributed by atoms with Gasteiger partial charge in [-0.3, -0.25) is 4.79 Å². The highest BCUT2D eigenvalue weighted by Crippen LogP contribution is 2.19. The molecule has 0 aliphatic carbocycles. The fourth-order valence-electron chi connectivity index (χ4n) is 3.84. The fraction of sp³-hybridized carbons (Fsp3) is 0.259. The standard InChI is InChI=1S/C27H28FN3O2/c1-20-8-2-5-11-25(20)33-19-7-18-31-24-10-4-3-9-23(24)30-26(31)12-6-17-29-27(32)21-13-15-22(28)16-14-21/h2-5,8-11,13-16H,6-7,12,17-19H2,1H3,(H,29,32). The minimum atomic E-state index is -0.352. The zero-order chi connectivity index (χ0) is 23.0. The molecule has 5 nitrogen and oxygen atoms in total. The van der Waals surface area contributed by atoms with E-state index in [-0.39, 0.29) is 11.7 Å². The smallest absolute Gasteiger partial charge is 0.251 e. The number of carbonyl (C=O) groups is 1. The van der Waals surface area contributed by atoms with E-state index >= 15 is 0 Å². The van der Waals surface area contributed by atoms with Gasteiger partial charge in [-0.05, 0) is 67.8 Å². The summed E-state index contributed by atoms with van der Waals surface area (Å²) in [6, 6.07) is 21.7. The number of nitrogens with one attached hydrogen (secondary N) is 1. The lowest BCUT2D eigenvalue weighted by atomic mass is 10.2. The molecular formula is C27H28FN3O2. The van der Waals surface area contributed by atoms with Crippen LogP contribution in [0.1, 0.15) is 34.6 Å². The van der Waals surface area contributed by atoms with Gasteiger partial charge in [0, 0.05) is 25.1 Å². The number of hydrogen-bond donors (Lipinski definition) is 1. The molecule has 0 atom stereocenters. The molecule has 0 saturated carbocycles. The molecule has 0 radical (unpaired) electrons. The second-order valence-corrected chi connectivity index (χ2v) is 8.00. The highest BCUT2D eigenvalue weighted by atomic mass is 19.1. The number of fused-ring (bicyclic) bond motifs is 1. The number of ether oxygens (including phenoxy) is 1. The van der Waals surface area contributed by atoms with Gasteiger partial charge in [0.05, 0.1) is 17.6 Å². The Morgan fingerprint density at radius 2 is 1.76 bits per heavy atom. The van der Waals surface area contributed by atoms with Crippen molar-refractivity contribution in [1.82, 2.24) is 14.9 Å². The Labute approximate surface area is 193 Å². The Bertz CT molecular complexity index is 1220. The molecule has 170 valence electrons. The lowest BCUT2D eigenvalue weighted by Crippen LogP contribution is -2.25. The summed E-state index contributed by atoms with van der Waals surface area (Å²) in [4.78, 5) is 17.0. The molecule has 4 aromatic rings. The first kappa shape index (κ1) is 22.5. The van der Waals surface area contributed by atoms with E-state index in [4.69, 9.17) is 9.72 Å². The number of amides is 1. The quantitative estimate of drug-likeness (QED) is 0.336. The molecule has 33 heavy (non-hydrogen) atoms. The maximum Gasteiger partial charge on any atom is 0.251 e. The molecule has 0 bridgehead atoms. The normalized spacial score (nSPS) is 11.0. The Balaban J connectivity index is 1.33. The zero-order valence-corrected chi connectivity index (χ0v) is 18.8. The summed E-state index contributed by atoms with van der Waals surface area (Å²) in [6.07, 6.45) is 2.37. The maximum atomic E-state index is 13.0. The van der Waals surface area contributed by atoms with Crippen LogP contribution in [-0.2, 0) is 13.0 Å². The zero-order valence-electron chi connectivity index (χ0n) is 18.8. The van der Waals surface area contributed by atoms with Crippen LogP contribution >= 0.6 is 0 Å². The third kappa shape index (κ3) is 5.77. The molecule has 0 unspecified atom stereocenters. The number of para-hydroxylation sites is 3. The van der Waals surface area contributed by atoms with Crippen LogP contribution in [0, 0.1) is 12.7 Å². The summed E-state index contributed by atoms with van der Waals surface area (Å²) in [5.74, 6) is 1.37. The number of aryl methyl sites for hydroxylation is 3. The highest BCUT2D eigenvalue weighted by Gasteiger charge is 2.11. The first-order valence-corrected chi connectivity index (χ1v) is 11.3. The second-order valence-electron chi connectivity index (χ2n) is 8.00. The summed E-state index contributed by atoms with van der Waals surface area (Å²) < 4.78 is 21.2. The average Bonchev–Trinajstić information content (AvgIpc) is 3.18. The molecule has 1 heterocycles. The van der Waals surface area contributed by atoms with Gasteiger partial charge >= 0.3 is 0 Å². The van der Waals surface area contributed by atoms with Gasteiger partial charge in [0.25, 0.3) is 5.91 Å². The van der Waals surface area contributed by atoms with Crippen molar-refractivity contribution in [3.05, 3.63) is 95.6 Å². The van der Waals surface area contributed by atoms with E-state index in [0.717, 1.165) is 54.0 Å². The van der Waals surface area contributed by atoms with Gasteiger partial charge in [-0.15, -0.1) is 0 Å². The SMILES string of the molecule is Cc1ccccc1OCCCn1c(CCCNC(=O)c2ccc(F)cc2)nc2ccccc21. The Kier molecular flexibility index (Phi) is 7.35. The van der Waals surface area contributed by atoms with Crippen molar-refractivity contribution in [2.45, 2.75) is 32.7 Å². The van der Waals surface area contributed by atoms with E-state index in [2.05, 4.69) is 16.0 Å². The van der Waals surface area contributed by atoms with Crippen molar-refractivity contribution in [2.75, 3.05) is 13.2 Å². The van der Waals surface area contributed by atoms with Crippen LogP contribution in [0.3, 0.4) is 0 Å². The first-order chi connectivity index (χ1) is 16.1. The topological polar surface area (TPSA) is 56.1 Å². The molecule has 0 fully saturated rings. The van der Waals surface area contributed by atoms with Crippen molar-refractivity contribution < 1.29 is 13.9 Å². The molecule has 6 heteroatoms. The van der Waals surface area contributed by atoms with E-state index in [1.165, 1.54) is 24.3 Å². The Hall–Kier alpha value is -3.67. The average molecular weight is 446 g/mol. The summed E-state index contributed by atoms with van der Waals surface area (Å²) >= 11 is 0. The van der Waals surface area contributed by atoms with Gasteiger partial charge in [0.2, 0.25) is 0 Å². The van der Waals surface area contributed by atoms with Gasteiger partial charge < -0.3 is 14.6 Å². The van der Waals surface area contributed by atoms with Crippen LogP contribution in [0.4, 0.5) is 4.39 Å². The third-order valence-electron chi connectivity index (χ3n) is 5.58. The molecule has 0 aliphatic heterocycles. The molecule has 0 saturated heterocycles. The van der Waals surface area contributed by atoms with Crippen molar-refractivity contribution in [1.29, 1.82) is 0 Å². The number of halogens is 1. The molecule has 1 aromatic heterocycles. The maximum absolute atomic E-state index is 13.0. The van der Waals surface area contributed by atoms with Crippen LogP contribution in [0.15, 0.2) is 72.8 Å².